The molecule has 0 spiro atoms. The number of amides is 2. The van der Waals surface area contributed by atoms with Gasteiger partial charge >= 0.3 is 0 Å². The smallest absolute Gasteiger partial charge is 0.282 e. The molecule has 0 saturated carbocycles. The predicted octanol–water partition coefficient (Wildman–Crippen LogP) is 3.28. The quantitative estimate of drug-likeness (QED) is 0.387. The number of hydrazine groups is 1. The molecule has 2 heterocycles. The maximum absolute atomic E-state index is 12.4. The summed E-state index contributed by atoms with van der Waals surface area (Å²) in [5.74, 6) is -0.580. The van der Waals surface area contributed by atoms with Crippen LogP contribution in [0.25, 0.3) is 21.7 Å². The molecule has 2 aromatic carbocycles. The van der Waals surface area contributed by atoms with Crippen LogP contribution in [-0.4, -0.2) is 26.3 Å². The maximum Gasteiger partial charge on any atom is 0.282 e. The van der Waals surface area contributed by atoms with E-state index >= 15 is 0 Å². The molecule has 0 fully saturated rings. The first kappa shape index (κ1) is 19.3. The van der Waals surface area contributed by atoms with E-state index in [9.17, 15) is 19.7 Å². The molecule has 2 N–H and O–H groups in total. The van der Waals surface area contributed by atoms with E-state index in [-0.39, 0.29) is 11.3 Å². The van der Waals surface area contributed by atoms with E-state index in [1.807, 2.05) is 35.9 Å². The van der Waals surface area contributed by atoms with Crippen LogP contribution in [-0.2, 0) is 7.05 Å². The van der Waals surface area contributed by atoms with Gasteiger partial charge in [0.05, 0.1) is 25.7 Å². The molecule has 4 rings (SSSR count). The first-order valence-electron chi connectivity index (χ1n) is 8.81. The molecule has 10 heteroatoms. The second-order valence-corrected chi connectivity index (χ2v) is 7.41. The second-order valence-electron chi connectivity index (χ2n) is 6.33. The molecule has 0 unspecified atom stereocenters. The summed E-state index contributed by atoms with van der Waals surface area (Å²) in [4.78, 5) is 40.8. The summed E-state index contributed by atoms with van der Waals surface area (Å²) >= 11 is 1.22. The van der Waals surface area contributed by atoms with Gasteiger partial charge in [-0.3, -0.25) is 30.6 Å². The molecule has 0 aliphatic rings. The minimum atomic E-state index is -0.775. The molecular formula is C20H15N5O4S. The Morgan fingerprint density at radius 2 is 1.70 bits per heavy atom. The van der Waals surface area contributed by atoms with Gasteiger partial charge in [0.1, 0.15) is 5.56 Å². The van der Waals surface area contributed by atoms with Crippen LogP contribution in [0.5, 0.6) is 0 Å². The van der Waals surface area contributed by atoms with Gasteiger partial charge in [0.15, 0.2) is 5.82 Å². The van der Waals surface area contributed by atoms with Crippen LogP contribution in [0.2, 0.25) is 0 Å². The number of aromatic nitrogens is 2. The Labute approximate surface area is 174 Å². The topological polar surface area (TPSA) is 119 Å². The zero-order valence-corrected chi connectivity index (χ0v) is 16.5. The Bertz CT molecular complexity index is 1290. The van der Waals surface area contributed by atoms with Crippen LogP contribution in [0.1, 0.15) is 20.0 Å². The lowest BCUT2D eigenvalue weighted by atomic mass is 10.2. The van der Waals surface area contributed by atoms with Crippen LogP contribution in [0.15, 0.2) is 60.7 Å². The van der Waals surface area contributed by atoms with Crippen molar-refractivity contribution in [3.8, 4) is 10.7 Å². The highest BCUT2D eigenvalue weighted by atomic mass is 32.1. The molecule has 9 nitrogen and oxygen atoms in total. The second kappa shape index (κ2) is 7.76. The molecule has 0 bridgehead atoms. The van der Waals surface area contributed by atoms with E-state index < -0.39 is 16.7 Å². The van der Waals surface area contributed by atoms with E-state index in [1.54, 1.807) is 12.1 Å². The Balaban J connectivity index is 1.49. The van der Waals surface area contributed by atoms with Gasteiger partial charge in [0.25, 0.3) is 17.5 Å². The van der Waals surface area contributed by atoms with E-state index in [0.717, 1.165) is 21.7 Å². The number of imidazole rings is 1. The van der Waals surface area contributed by atoms with Crippen molar-refractivity contribution in [2.75, 3.05) is 0 Å². The summed E-state index contributed by atoms with van der Waals surface area (Å²) < 4.78 is 1.94. The molecule has 0 saturated heterocycles. The van der Waals surface area contributed by atoms with Gasteiger partial charge in [-0.15, -0.1) is 11.3 Å². The van der Waals surface area contributed by atoms with E-state index in [2.05, 4.69) is 15.8 Å². The SMILES string of the molecule is Cn1c(-c2ccc(C(=O)NNC(=O)c3ccccc3[N+](=O)[O-])s2)nc2ccccc21. The average Bonchev–Trinajstić information content (AvgIpc) is 3.37. The summed E-state index contributed by atoms with van der Waals surface area (Å²) in [7, 11) is 1.90. The van der Waals surface area contributed by atoms with Crippen molar-refractivity contribution in [2.45, 2.75) is 0 Å². The number of nitrogens with zero attached hydrogens (tertiary/aromatic N) is 3. The minimum Gasteiger partial charge on any atom is -0.326 e. The summed E-state index contributed by atoms with van der Waals surface area (Å²) in [6.45, 7) is 0. The summed E-state index contributed by atoms with van der Waals surface area (Å²) in [6, 6.07) is 16.6. The third kappa shape index (κ3) is 3.51. The highest BCUT2D eigenvalue weighted by Crippen LogP contribution is 2.29. The number of nitro groups is 1. The number of rotatable bonds is 4. The van der Waals surface area contributed by atoms with Gasteiger partial charge in [-0.1, -0.05) is 24.3 Å². The number of fused-ring (bicyclic) bond motifs is 1. The molecule has 150 valence electrons. The Morgan fingerprint density at radius 1 is 1.00 bits per heavy atom. The number of carbonyl (C=O) groups excluding carboxylic acids is 2. The van der Waals surface area contributed by atoms with Crippen LogP contribution < -0.4 is 10.9 Å². The van der Waals surface area contributed by atoms with Crippen molar-refractivity contribution < 1.29 is 14.5 Å². The predicted molar refractivity (Wildman–Crippen MR) is 112 cm³/mol. The van der Waals surface area contributed by atoms with Crippen molar-refractivity contribution in [3.05, 3.63) is 81.2 Å². The summed E-state index contributed by atoms with van der Waals surface area (Å²) in [5, 5.41) is 11.0. The molecule has 4 aromatic rings. The first-order chi connectivity index (χ1) is 14.5. The molecule has 30 heavy (non-hydrogen) atoms. The Hall–Kier alpha value is -4.05. The van der Waals surface area contributed by atoms with Crippen LogP contribution in [0.4, 0.5) is 5.69 Å². The lowest BCUT2D eigenvalue weighted by molar-refractivity contribution is -0.385. The van der Waals surface area contributed by atoms with Gasteiger partial charge in [0.2, 0.25) is 0 Å². The number of para-hydroxylation sites is 3. The first-order valence-corrected chi connectivity index (χ1v) is 9.63. The van der Waals surface area contributed by atoms with Crippen molar-refractivity contribution in [1.29, 1.82) is 0 Å². The summed E-state index contributed by atoms with van der Waals surface area (Å²) in [6.07, 6.45) is 0. The van der Waals surface area contributed by atoms with Crippen molar-refractivity contribution in [2.24, 2.45) is 7.05 Å². The van der Waals surface area contributed by atoms with Gasteiger partial charge in [-0.2, -0.15) is 0 Å². The number of hydrogen-bond donors (Lipinski definition) is 2. The van der Waals surface area contributed by atoms with Gasteiger partial charge < -0.3 is 4.57 Å². The third-order valence-electron chi connectivity index (χ3n) is 4.47. The molecule has 2 amide bonds. The van der Waals surface area contributed by atoms with Gasteiger partial charge in [-0.25, -0.2) is 4.98 Å². The van der Waals surface area contributed by atoms with Crippen molar-refractivity contribution >= 4 is 39.9 Å². The highest BCUT2D eigenvalue weighted by molar-refractivity contribution is 7.17. The lowest BCUT2D eigenvalue weighted by Gasteiger charge is -2.06. The third-order valence-corrected chi connectivity index (χ3v) is 5.55. The Morgan fingerprint density at radius 3 is 2.47 bits per heavy atom. The Kier molecular flexibility index (Phi) is 4.98. The van der Waals surface area contributed by atoms with E-state index in [1.165, 1.54) is 35.6 Å². The van der Waals surface area contributed by atoms with Crippen LogP contribution in [0, 0.1) is 10.1 Å². The molecule has 2 aromatic heterocycles. The van der Waals surface area contributed by atoms with Gasteiger partial charge in [0, 0.05) is 13.1 Å². The average molecular weight is 421 g/mol. The number of carbonyl (C=O) groups is 2. The number of benzene rings is 2. The molecule has 0 aliphatic heterocycles. The number of nitro benzene ring substituents is 1. The number of aryl methyl sites for hydroxylation is 1. The normalized spacial score (nSPS) is 10.7. The van der Waals surface area contributed by atoms with Gasteiger partial charge in [-0.05, 0) is 30.3 Å². The highest BCUT2D eigenvalue weighted by Gasteiger charge is 2.20. The van der Waals surface area contributed by atoms with Crippen LogP contribution in [0.3, 0.4) is 0 Å². The maximum atomic E-state index is 12.4. The van der Waals surface area contributed by atoms with Crippen molar-refractivity contribution in [1.82, 2.24) is 20.4 Å². The fourth-order valence-electron chi connectivity index (χ4n) is 3.01. The molecular weight excluding hydrogens is 406 g/mol. The van der Waals surface area contributed by atoms with Crippen molar-refractivity contribution in [3.63, 3.8) is 0 Å². The fourth-order valence-corrected chi connectivity index (χ4v) is 3.94. The largest absolute Gasteiger partial charge is 0.326 e. The molecule has 0 aliphatic carbocycles. The minimum absolute atomic E-state index is 0.144. The van der Waals surface area contributed by atoms with E-state index in [4.69, 9.17) is 0 Å². The standard InChI is InChI=1S/C20H15N5O4S/c1-24-15-9-5-3-7-13(15)21-18(24)16-10-11-17(30-16)20(27)23-22-19(26)12-6-2-4-8-14(12)25(28)29/h2-11H,1H3,(H,22,26)(H,23,27). The number of thiophene rings is 1. The number of hydrogen-bond acceptors (Lipinski definition) is 6. The fraction of sp³-hybridized carbons (Fsp3) is 0.0500. The zero-order chi connectivity index (χ0) is 21.3. The zero-order valence-electron chi connectivity index (χ0n) is 15.7. The monoisotopic (exact) mass is 421 g/mol. The van der Waals surface area contributed by atoms with E-state index in [0.29, 0.717) is 4.88 Å². The van der Waals surface area contributed by atoms with Crippen LogP contribution >= 0.6 is 11.3 Å². The number of nitrogens with one attached hydrogen (secondary N) is 2. The summed E-state index contributed by atoms with van der Waals surface area (Å²) in [5.41, 5.74) is 5.85. The molecule has 0 atom stereocenters. The molecule has 0 radical (unpaired) electrons. The lowest BCUT2D eigenvalue weighted by Crippen LogP contribution is -2.41.